The fourth-order valence-corrected chi connectivity index (χ4v) is 8.26. The first-order valence-electron chi connectivity index (χ1n) is 15.5. The van der Waals surface area contributed by atoms with Crippen LogP contribution >= 0.6 is 0 Å². The van der Waals surface area contributed by atoms with E-state index < -0.39 is 23.3 Å². The first-order chi connectivity index (χ1) is 21.1. The first kappa shape index (κ1) is 29.0. The van der Waals surface area contributed by atoms with Gasteiger partial charge in [0, 0.05) is 31.2 Å². The number of alkyl halides is 3. The van der Waals surface area contributed by atoms with Gasteiger partial charge in [-0.15, -0.1) is 0 Å². The van der Waals surface area contributed by atoms with Crippen molar-refractivity contribution in [2.24, 2.45) is 0 Å². The number of aromatic amines is 1. The van der Waals surface area contributed by atoms with Crippen molar-refractivity contribution in [3.05, 3.63) is 83.2 Å². The summed E-state index contributed by atoms with van der Waals surface area (Å²) in [5.74, 6) is 0.0620. The van der Waals surface area contributed by atoms with Gasteiger partial charge in [0.25, 0.3) is 5.91 Å². The van der Waals surface area contributed by atoms with Crippen molar-refractivity contribution < 1.29 is 22.4 Å². The van der Waals surface area contributed by atoms with Crippen LogP contribution < -0.4 is 0 Å². The van der Waals surface area contributed by atoms with Crippen LogP contribution in [0.5, 0.6) is 0 Å². The van der Waals surface area contributed by atoms with Crippen molar-refractivity contribution >= 4 is 16.9 Å². The summed E-state index contributed by atoms with van der Waals surface area (Å²) in [6.07, 6.45) is 2.55. The van der Waals surface area contributed by atoms with E-state index in [9.17, 15) is 22.4 Å². The predicted octanol–water partition coefficient (Wildman–Crippen LogP) is 6.66. The molecule has 3 aliphatic heterocycles. The van der Waals surface area contributed by atoms with Gasteiger partial charge in [0.15, 0.2) is 5.69 Å². The van der Waals surface area contributed by atoms with Crippen molar-refractivity contribution in [2.75, 3.05) is 19.6 Å². The number of H-pyrrole nitrogens is 1. The SMILES string of the molecule is Cc1nc2ccccc2n1C1CC2CCC(C1)N2CCC1(c2cccc(F)c2)CCN(C(=O)c2cn[nH]c2C(F)(F)F)CC1. The molecular weight excluding hydrogens is 572 g/mol. The fourth-order valence-electron chi connectivity index (χ4n) is 8.26. The Labute approximate surface area is 253 Å². The van der Waals surface area contributed by atoms with Gasteiger partial charge in [0.05, 0.1) is 22.8 Å². The van der Waals surface area contributed by atoms with Crippen LogP contribution in [0.25, 0.3) is 11.0 Å². The Morgan fingerprint density at radius 2 is 1.75 bits per heavy atom. The van der Waals surface area contributed by atoms with Crippen LogP contribution in [0, 0.1) is 12.7 Å². The highest BCUT2D eigenvalue weighted by atomic mass is 19.4. The van der Waals surface area contributed by atoms with Crippen LogP contribution in [0.4, 0.5) is 17.6 Å². The second-order valence-electron chi connectivity index (χ2n) is 12.8. The lowest BCUT2D eigenvalue weighted by Crippen LogP contribution is -2.49. The number of fused-ring (bicyclic) bond motifs is 3. The molecule has 5 heterocycles. The van der Waals surface area contributed by atoms with E-state index in [4.69, 9.17) is 4.98 Å². The third kappa shape index (κ3) is 5.08. The van der Waals surface area contributed by atoms with Crippen molar-refractivity contribution in [3.8, 4) is 0 Å². The molecule has 3 aliphatic rings. The number of likely N-dealkylation sites (tertiary alicyclic amines) is 1. The minimum Gasteiger partial charge on any atom is -0.338 e. The van der Waals surface area contributed by atoms with Crippen molar-refractivity contribution in [1.82, 2.24) is 29.5 Å². The van der Waals surface area contributed by atoms with Gasteiger partial charge in [0.2, 0.25) is 0 Å². The second-order valence-corrected chi connectivity index (χ2v) is 12.8. The number of hydrogen-bond donors (Lipinski definition) is 1. The van der Waals surface area contributed by atoms with E-state index >= 15 is 0 Å². The van der Waals surface area contributed by atoms with Crippen LogP contribution in [-0.4, -0.2) is 67.2 Å². The maximum absolute atomic E-state index is 14.5. The molecule has 2 unspecified atom stereocenters. The van der Waals surface area contributed by atoms with Crippen LogP contribution in [0.1, 0.15) is 78.4 Å². The first-order valence-corrected chi connectivity index (χ1v) is 15.5. The minimum absolute atomic E-state index is 0.291. The quantitative estimate of drug-likeness (QED) is 0.249. The number of aryl methyl sites for hydroxylation is 1. The summed E-state index contributed by atoms with van der Waals surface area (Å²) < 4.78 is 57.2. The molecule has 7 rings (SSSR count). The Balaban J connectivity index is 1.08. The molecule has 2 aromatic heterocycles. The number of nitrogens with one attached hydrogen (secondary N) is 1. The summed E-state index contributed by atoms with van der Waals surface area (Å²) in [5.41, 5.74) is 1.15. The molecule has 3 fully saturated rings. The number of benzene rings is 2. The van der Waals surface area contributed by atoms with Crippen LogP contribution in [0.3, 0.4) is 0 Å². The predicted molar refractivity (Wildman–Crippen MR) is 158 cm³/mol. The van der Waals surface area contributed by atoms with Gasteiger partial charge in [-0.1, -0.05) is 24.3 Å². The normalized spacial score (nSPS) is 23.8. The average molecular weight is 609 g/mol. The number of para-hydroxylation sites is 2. The molecule has 2 atom stereocenters. The lowest BCUT2D eigenvalue weighted by molar-refractivity contribution is -0.141. The molecule has 2 aromatic carbocycles. The average Bonchev–Trinajstić information content (AvgIpc) is 3.69. The van der Waals surface area contributed by atoms with E-state index in [0.717, 1.165) is 61.8 Å². The van der Waals surface area contributed by atoms with Gasteiger partial charge in [-0.2, -0.15) is 18.3 Å². The maximum atomic E-state index is 14.5. The summed E-state index contributed by atoms with van der Waals surface area (Å²) in [7, 11) is 0. The number of nitrogens with zero attached hydrogens (tertiary/aromatic N) is 5. The standard InChI is InChI=1S/C33H36F4N6O/c1-21-39-28-7-2-3-8-29(28)43(21)26-18-24-9-10-25(19-26)42(24)16-13-32(22-5-4-6-23(34)17-22)11-14-41(15-12-32)31(44)27-20-38-40-30(27)33(35,36)37/h2-8,17,20,24-26H,9-16,18-19H2,1H3,(H,38,40). The van der Waals surface area contributed by atoms with Crippen LogP contribution in [-0.2, 0) is 11.6 Å². The van der Waals surface area contributed by atoms with E-state index in [0.29, 0.717) is 44.1 Å². The highest BCUT2D eigenvalue weighted by molar-refractivity contribution is 5.95. The third-order valence-electron chi connectivity index (χ3n) is 10.4. The summed E-state index contributed by atoms with van der Waals surface area (Å²) in [5, 5.41) is 5.42. The lowest BCUT2D eigenvalue weighted by atomic mass is 9.70. The lowest BCUT2D eigenvalue weighted by Gasteiger charge is -2.45. The number of carbonyl (C=O) groups is 1. The van der Waals surface area contributed by atoms with Crippen molar-refractivity contribution in [3.63, 3.8) is 0 Å². The molecule has 1 N–H and O–H groups in total. The molecule has 11 heteroatoms. The number of rotatable bonds is 6. The zero-order chi connectivity index (χ0) is 30.6. The Hall–Kier alpha value is -3.73. The Bertz CT molecular complexity index is 1660. The number of carbonyl (C=O) groups excluding carboxylic acids is 1. The van der Waals surface area contributed by atoms with Crippen molar-refractivity contribution in [2.45, 2.75) is 81.6 Å². The van der Waals surface area contributed by atoms with E-state index in [1.807, 2.05) is 17.2 Å². The molecular formula is C33H36F4N6O. The Kier molecular flexibility index (Phi) is 7.26. The molecule has 1 amide bonds. The highest BCUT2D eigenvalue weighted by Crippen LogP contribution is 2.45. The number of amides is 1. The zero-order valence-corrected chi connectivity index (χ0v) is 24.7. The molecule has 0 spiro atoms. The summed E-state index contributed by atoms with van der Waals surface area (Å²) >= 11 is 0. The minimum atomic E-state index is -4.70. The Morgan fingerprint density at radius 1 is 1.02 bits per heavy atom. The van der Waals surface area contributed by atoms with Gasteiger partial charge < -0.3 is 9.47 Å². The number of imidazole rings is 1. The van der Waals surface area contributed by atoms with Gasteiger partial charge in [0.1, 0.15) is 11.6 Å². The number of halogens is 4. The fraction of sp³-hybridized carbons (Fsp3) is 0.485. The molecule has 0 saturated carbocycles. The molecule has 44 heavy (non-hydrogen) atoms. The molecule has 232 valence electrons. The summed E-state index contributed by atoms with van der Waals surface area (Å²) in [6.45, 7) is 3.53. The van der Waals surface area contributed by atoms with E-state index in [2.05, 4.69) is 39.7 Å². The topological polar surface area (TPSA) is 70.1 Å². The van der Waals surface area contributed by atoms with Gasteiger partial charge >= 0.3 is 6.18 Å². The summed E-state index contributed by atoms with van der Waals surface area (Å²) in [4.78, 5) is 22.1. The maximum Gasteiger partial charge on any atom is 0.433 e. The largest absolute Gasteiger partial charge is 0.433 e. The molecule has 0 radical (unpaired) electrons. The van der Waals surface area contributed by atoms with Gasteiger partial charge in [-0.25, -0.2) is 9.37 Å². The monoisotopic (exact) mass is 608 g/mol. The van der Waals surface area contributed by atoms with E-state index in [1.165, 1.54) is 16.5 Å². The molecule has 2 bridgehead atoms. The zero-order valence-electron chi connectivity index (χ0n) is 24.7. The number of piperidine rings is 2. The smallest absolute Gasteiger partial charge is 0.338 e. The van der Waals surface area contributed by atoms with E-state index in [-0.39, 0.29) is 11.2 Å². The third-order valence-corrected chi connectivity index (χ3v) is 10.4. The second kappa shape index (κ2) is 11.0. The van der Waals surface area contributed by atoms with Gasteiger partial charge in [-0.3, -0.25) is 14.8 Å². The summed E-state index contributed by atoms with van der Waals surface area (Å²) in [6, 6.07) is 16.3. The molecule has 3 saturated heterocycles. The highest BCUT2D eigenvalue weighted by Gasteiger charge is 2.45. The molecule has 4 aromatic rings. The number of aromatic nitrogens is 4. The number of hydrogen-bond acceptors (Lipinski definition) is 4. The van der Waals surface area contributed by atoms with Crippen LogP contribution in [0.2, 0.25) is 0 Å². The van der Waals surface area contributed by atoms with Crippen LogP contribution in [0.15, 0.2) is 54.7 Å². The van der Waals surface area contributed by atoms with Crippen molar-refractivity contribution in [1.29, 1.82) is 0 Å². The van der Waals surface area contributed by atoms with Gasteiger partial charge in [-0.05, 0) is 93.7 Å². The van der Waals surface area contributed by atoms with E-state index in [1.54, 1.807) is 12.1 Å². The Morgan fingerprint density at radius 3 is 2.45 bits per heavy atom. The molecule has 7 nitrogen and oxygen atoms in total. The molecule has 0 aliphatic carbocycles.